The summed E-state index contributed by atoms with van der Waals surface area (Å²) in [6, 6.07) is 3.32. The standard InChI is InChI=1S/C9H9ClN2O3S/c10-7-2-1-6(16-7)8(13)11-3-5-4-12-9(14)15-5/h1-2,5H,3-4H2,(H,11,13)(H,12,14). The molecule has 5 nitrogen and oxygen atoms in total. The molecular weight excluding hydrogens is 252 g/mol. The van der Waals surface area contributed by atoms with E-state index in [0.29, 0.717) is 22.3 Å². The number of carbonyl (C=O) groups excluding carboxylic acids is 2. The molecule has 16 heavy (non-hydrogen) atoms. The molecule has 1 saturated heterocycles. The number of nitrogens with one attached hydrogen (secondary N) is 2. The number of alkyl carbamates (subject to hydrolysis) is 1. The maximum atomic E-state index is 11.6. The largest absolute Gasteiger partial charge is 0.442 e. The molecule has 1 fully saturated rings. The van der Waals surface area contributed by atoms with Crippen molar-refractivity contribution >= 4 is 34.9 Å². The Morgan fingerprint density at radius 3 is 3.06 bits per heavy atom. The Hall–Kier alpha value is -1.27. The fraction of sp³-hybridized carbons (Fsp3) is 0.333. The lowest BCUT2D eigenvalue weighted by Crippen LogP contribution is -2.33. The van der Waals surface area contributed by atoms with E-state index in [1.165, 1.54) is 11.3 Å². The Bertz CT molecular complexity index is 421. The van der Waals surface area contributed by atoms with Gasteiger partial charge in [-0.3, -0.25) is 4.79 Å². The molecular formula is C9H9ClN2O3S. The lowest BCUT2D eigenvalue weighted by Gasteiger charge is -2.08. The summed E-state index contributed by atoms with van der Waals surface area (Å²) in [4.78, 5) is 22.8. The number of rotatable bonds is 3. The minimum absolute atomic E-state index is 0.208. The molecule has 7 heteroatoms. The fourth-order valence-electron chi connectivity index (χ4n) is 1.28. The second kappa shape index (κ2) is 4.71. The van der Waals surface area contributed by atoms with Crippen LogP contribution in [0.1, 0.15) is 9.67 Å². The number of hydrogen-bond acceptors (Lipinski definition) is 4. The van der Waals surface area contributed by atoms with E-state index in [2.05, 4.69) is 10.6 Å². The Morgan fingerprint density at radius 1 is 1.69 bits per heavy atom. The summed E-state index contributed by atoms with van der Waals surface area (Å²) in [5.41, 5.74) is 0. The van der Waals surface area contributed by atoms with Crippen LogP contribution in [-0.2, 0) is 4.74 Å². The van der Waals surface area contributed by atoms with E-state index in [-0.39, 0.29) is 12.0 Å². The van der Waals surface area contributed by atoms with Gasteiger partial charge in [-0.15, -0.1) is 11.3 Å². The average molecular weight is 261 g/mol. The van der Waals surface area contributed by atoms with E-state index >= 15 is 0 Å². The van der Waals surface area contributed by atoms with Crippen molar-refractivity contribution in [3.63, 3.8) is 0 Å². The van der Waals surface area contributed by atoms with Crippen molar-refractivity contribution in [2.45, 2.75) is 6.10 Å². The summed E-state index contributed by atoms with van der Waals surface area (Å²) < 4.78 is 5.43. The molecule has 0 bridgehead atoms. The van der Waals surface area contributed by atoms with Crippen molar-refractivity contribution in [1.82, 2.24) is 10.6 Å². The third kappa shape index (κ3) is 2.65. The minimum atomic E-state index is -0.446. The lowest BCUT2D eigenvalue weighted by molar-refractivity contribution is 0.0920. The van der Waals surface area contributed by atoms with E-state index in [9.17, 15) is 9.59 Å². The molecule has 2 rings (SSSR count). The molecule has 1 aromatic rings. The summed E-state index contributed by atoms with van der Waals surface area (Å²) in [7, 11) is 0. The van der Waals surface area contributed by atoms with Gasteiger partial charge in [0, 0.05) is 0 Å². The molecule has 0 aromatic carbocycles. The number of amides is 2. The zero-order chi connectivity index (χ0) is 11.5. The minimum Gasteiger partial charge on any atom is -0.442 e. The van der Waals surface area contributed by atoms with Crippen molar-refractivity contribution < 1.29 is 14.3 Å². The van der Waals surface area contributed by atoms with Crippen LogP contribution in [0.2, 0.25) is 4.34 Å². The molecule has 1 aliphatic heterocycles. The zero-order valence-corrected chi connectivity index (χ0v) is 9.73. The normalized spacial score (nSPS) is 19.1. The van der Waals surface area contributed by atoms with Crippen molar-refractivity contribution in [3.8, 4) is 0 Å². The molecule has 0 aliphatic carbocycles. The highest BCUT2D eigenvalue weighted by Gasteiger charge is 2.23. The number of halogens is 1. The highest BCUT2D eigenvalue weighted by atomic mass is 35.5. The van der Waals surface area contributed by atoms with Crippen LogP contribution in [0.4, 0.5) is 4.79 Å². The molecule has 1 unspecified atom stereocenters. The van der Waals surface area contributed by atoms with Crippen LogP contribution in [0.25, 0.3) is 0 Å². The first kappa shape index (κ1) is 11.2. The Morgan fingerprint density at radius 2 is 2.50 bits per heavy atom. The van der Waals surface area contributed by atoms with Crippen molar-refractivity contribution in [3.05, 3.63) is 21.3 Å². The topological polar surface area (TPSA) is 67.4 Å². The Balaban J connectivity index is 1.82. The van der Waals surface area contributed by atoms with Gasteiger partial charge < -0.3 is 15.4 Å². The third-order valence-corrected chi connectivity index (χ3v) is 3.26. The van der Waals surface area contributed by atoms with Gasteiger partial charge in [0.15, 0.2) is 0 Å². The molecule has 2 amide bonds. The first-order valence-corrected chi connectivity index (χ1v) is 5.82. The van der Waals surface area contributed by atoms with Gasteiger partial charge in [-0.1, -0.05) is 11.6 Å². The first-order valence-electron chi connectivity index (χ1n) is 4.63. The predicted octanol–water partition coefficient (Wildman–Crippen LogP) is 1.24. The van der Waals surface area contributed by atoms with Gasteiger partial charge in [0.2, 0.25) is 0 Å². The van der Waals surface area contributed by atoms with Gasteiger partial charge in [-0.2, -0.15) is 0 Å². The molecule has 1 atom stereocenters. The number of carbonyl (C=O) groups is 2. The van der Waals surface area contributed by atoms with Gasteiger partial charge >= 0.3 is 6.09 Å². The smallest absolute Gasteiger partial charge is 0.407 e. The maximum Gasteiger partial charge on any atom is 0.407 e. The summed E-state index contributed by atoms with van der Waals surface area (Å²) in [6.45, 7) is 0.720. The van der Waals surface area contributed by atoms with Gasteiger partial charge in [-0.05, 0) is 12.1 Å². The zero-order valence-electron chi connectivity index (χ0n) is 8.16. The van der Waals surface area contributed by atoms with Gasteiger partial charge in [0.1, 0.15) is 6.10 Å². The Labute approximate surface area is 101 Å². The number of thiophene rings is 1. The number of ether oxygens (including phenoxy) is 1. The highest BCUT2D eigenvalue weighted by Crippen LogP contribution is 2.21. The maximum absolute atomic E-state index is 11.6. The Kier molecular flexibility index (Phi) is 3.31. The number of cyclic esters (lactones) is 1. The van der Waals surface area contributed by atoms with Gasteiger partial charge in [0.25, 0.3) is 5.91 Å². The van der Waals surface area contributed by atoms with E-state index in [0.717, 1.165) is 0 Å². The molecule has 0 spiro atoms. The van der Waals surface area contributed by atoms with Crippen molar-refractivity contribution in [2.24, 2.45) is 0 Å². The monoisotopic (exact) mass is 260 g/mol. The molecule has 1 aliphatic rings. The fourth-order valence-corrected chi connectivity index (χ4v) is 2.24. The van der Waals surface area contributed by atoms with Crippen LogP contribution in [0.15, 0.2) is 12.1 Å². The summed E-state index contributed by atoms with van der Waals surface area (Å²) in [5, 5.41) is 5.18. The van der Waals surface area contributed by atoms with E-state index < -0.39 is 6.09 Å². The molecule has 0 saturated carbocycles. The van der Waals surface area contributed by atoms with Crippen LogP contribution in [-0.4, -0.2) is 31.2 Å². The second-order valence-electron chi connectivity index (χ2n) is 3.22. The highest BCUT2D eigenvalue weighted by molar-refractivity contribution is 7.17. The third-order valence-electron chi connectivity index (χ3n) is 2.04. The molecule has 0 radical (unpaired) electrons. The molecule has 2 heterocycles. The second-order valence-corrected chi connectivity index (χ2v) is 4.94. The summed E-state index contributed by atoms with van der Waals surface area (Å²) in [6.07, 6.45) is -0.745. The number of hydrogen-bond donors (Lipinski definition) is 2. The van der Waals surface area contributed by atoms with E-state index in [4.69, 9.17) is 16.3 Å². The van der Waals surface area contributed by atoms with E-state index in [1.807, 2.05) is 0 Å². The predicted molar refractivity (Wildman–Crippen MR) is 59.9 cm³/mol. The molecule has 2 N–H and O–H groups in total. The van der Waals surface area contributed by atoms with Crippen LogP contribution in [0.3, 0.4) is 0 Å². The first-order chi connectivity index (χ1) is 7.65. The van der Waals surface area contributed by atoms with Crippen LogP contribution >= 0.6 is 22.9 Å². The van der Waals surface area contributed by atoms with Crippen LogP contribution < -0.4 is 10.6 Å². The van der Waals surface area contributed by atoms with Crippen molar-refractivity contribution in [1.29, 1.82) is 0 Å². The molecule has 1 aromatic heterocycles. The lowest BCUT2D eigenvalue weighted by atomic mass is 10.3. The van der Waals surface area contributed by atoms with Crippen LogP contribution in [0.5, 0.6) is 0 Å². The average Bonchev–Trinajstić information content (AvgIpc) is 2.84. The van der Waals surface area contributed by atoms with Crippen molar-refractivity contribution in [2.75, 3.05) is 13.1 Å². The van der Waals surface area contributed by atoms with Gasteiger partial charge in [-0.25, -0.2) is 4.79 Å². The van der Waals surface area contributed by atoms with Crippen LogP contribution in [0, 0.1) is 0 Å². The quantitative estimate of drug-likeness (QED) is 0.859. The van der Waals surface area contributed by atoms with Gasteiger partial charge in [0.05, 0.1) is 22.3 Å². The molecule has 86 valence electrons. The SMILES string of the molecule is O=C1NCC(CNC(=O)c2ccc(Cl)s2)O1. The summed E-state index contributed by atoms with van der Waals surface area (Å²) in [5.74, 6) is -0.208. The van der Waals surface area contributed by atoms with E-state index in [1.54, 1.807) is 12.1 Å². The summed E-state index contributed by atoms with van der Waals surface area (Å²) >= 11 is 6.92.